The second kappa shape index (κ2) is 2.12. The summed E-state index contributed by atoms with van der Waals surface area (Å²) in [6, 6.07) is 0. The van der Waals surface area contributed by atoms with E-state index in [-0.39, 0.29) is 0 Å². The number of ketones is 1. The molecule has 0 radical (unpaired) electrons. The van der Waals surface area contributed by atoms with E-state index in [4.69, 9.17) is 0 Å². The van der Waals surface area contributed by atoms with E-state index in [1.807, 2.05) is 13.0 Å². The topological polar surface area (TPSA) is 17.1 Å². The maximum Gasteiger partial charge on any atom is 0.158 e. The van der Waals surface area contributed by atoms with Gasteiger partial charge in [-0.2, -0.15) is 0 Å². The van der Waals surface area contributed by atoms with Crippen LogP contribution in [0, 0.1) is 0 Å². The van der Waals surface area contributed by atoms with Crippen LogP contribution >= 0.6 is 0 Å². The summed E-state index contributed by atoms with van der Waals surface area (Å²) < 4.78 is 0. The predicted molar refractivity (Wildman–Crippen MR) is 32.6 cm³/mol. The van der Waals surface area contributed by atoms with Crippen molar-refractivity contribution in [1.82, 2.24) is 0 Å². The molecule has 1 aliphatic carbocycles. The summed E-state index contributed by atoms with van der Waals surface area (Å²) in [5.41, 5.74) is 1.03. The first-order chi connectivity index (χ1) is 3.84. The Labute approximate surface area is 49.4 Å². The molecule has 1 heteroatoms. The number of hydrogen-bond donors (Lipinski definition) is 0. The minimum absolute atomic E-state index is 0.354. The van der Waals surface area contributed by atoms with Crippen LogP contribution in [-0.4, -0.2) is 5.78 Å². The second-order valence-electron chi connectivity index (χ2n) is 2.09. The molecule has 0 N–H and O–H groups in total. The first-order valence-electron chi connectivity index (χ1n) is 3.03. The molecular formula is C7H10O. The van der Waals surface area contributed by atoms with Crippen LogP contribution in [0.25, 0.3) is 0 Å². The lowest BCUT2D eigenvalue weighted by molar-refractivity contribution is -0.114. The molecule has 0 aromatic heterocycles. The van der Waals surface area contributed by atoms with Crippen molar-refractivity contribution < 1.29 is 4.79 Å². The van der Waals surface area contributed by atoms with Gasteiger partial charge >= 0.3 is 0 Å². The molecule has 1 aliphatic rings. The first kappa shape index (κ1) is 5.54. The number of hydrogen-bond acceptors (Lipinski definition) is 1. The van der Waals surface area contributed by atoms with Gasteiger partial charge in [-0.05, 0) is 25.3 Å². The van der Waals surface area contributed by atoms with Gasteiger partial charge in [0.1, 0.15) is 0 Å². The van der Waals surface area contributed by atoms with Crippen molar-refractivity contribution in [1.29, 1.82) is 0 Å². The number of carbonyl (C=O) groups excluding carboxylic acids is 1. The Morgan fingerprint density at radius 1 is 1.50 bits per heavy atom. The third kappa shape index (κ3) is 0.808. The Morgan fingerprint density at radius 2 is 2.25 bits per heavy atom. The molecule has 0 amide bonds. The highest BCUT2D eigenvalue weighted by molar-refractivity contribution is 5.97. The highest BCUT2D eigenvalue weighted by Crippen LogP contribution is 2.19. The third-order valence-corrected chi connectivity index (χ3v) is 1.56. The molecule has 1 rings (SSSR count). The van der Waals surface area contributed by atoms with Crippen LogP contribution in [0.4, 0.5) is 0 Å². The molecule has 0 saturated heterocycles. The van der Waals surface area contributed by atoms with Crippen molar-refractivity contribution in [2.24, 2.45) is 0 Å². The zero-order valence-corrected chi connectivity index (χ0v) is 5.11. The molecular weight excluding hydrogens is 100 g/mol. The van der Waals surface area contributed by atoms with Crippen molar-refractivity contribution in [3.63, 3.8) is 0 Å². The number of Topliss-reactive ketones (excluding diaryl/α,β-unsaturated/α-hetero) is 1. The van der Waals surface area contributed by atoms with Crippen molar-refractivity contribution in [2.45, 2.75) is 26.2 Å². The third-order valence-electron chi connectivity index (χ3n) is 1.56. The van der Waals surface area contributed by atoms with E-state index in [0.29, 0.717) is 5.78 Å². The fraction of sp³-hybridized carbons (Fsp3) is 0.571. The fourth-order valence-electron chi connectivity index (χ4n) is 1.04. The van der Waals surface area contributed by atoms with Gasteiger partial charge in [0.25, 0.3) is 0 Å². The van der Waals surface area contributed by atoms with Crippen molar-refractivity contribution >= 4 is 5.78 Å². The molecule has 0 spiro atoms. The SMILES string of the molecule is CC=C1CCCC1=O. The van der Waals surface area contributed by atoms with Gasteiger partial charge in [0.05, 0.1) is 0 Å². The van der Waals surface area contributed by atoms with E-state index in [2.05, 4.69) is 0 Å². The standard InChI is InChI=1S/C7H10O/c1-2-6-4-3-5-7(6)8/h2H,3-5H2,1H3. The number of carbonyl (C=O) groups is 1. The van der Waals surface area contributed by atoms with Gasteiger partial charge in [-0.25, -0.2) is 0 Å². The summed E-state index contributed by atoms with van der Waals surface area (Å²) in [7, 11) is 0. The van der Waals surface area contributed by atoms with Crippen LogP contribution in [0.2, 0.25) is 0 Å². The normalized spacial score (nSPS) is 25.1. The van der Waals surface area contributed by atoms with Gasteiger partial charge < -0.3 is 0 Å². The number of allylic oxidation sites excluding steroid dienone is 2. The minimum Gasteiger partial charge on any atom is -0.295 e. The zero-order chi connectivity index (χ0) is 5.98. The maximum atomic E-state index is 10.7. The van der Waals surface area contributed by atoms with Crippen LogP contribution in [0.1, 0.15) is 26.2 Å². The molecule has 0 atom stereocenters. The molecule has 0 aromatic rings. The van der Waals surface area contributed by atoms with E-state index in [1.165, 1.54) is 0 Å². The Balaban J connectivity index is 2.69. The van der Waals surface area contributed by atoms with Gasteiger partial charge in [-0.1, -0.05) is 6.08 Å². The minimum atomic E-state index is 0.354. The van der Waals surface area contributed by atoms with Crippen LogP contribution in [-0.2, 0) is 4.79 Å². The molecule has 0 heterocycles. The van der Waals surface area contributed by atoms with Gasteiger partial charge in [0.2, 0.25) is 0 Å². The van der Waals surface area contributed by atoms with E-state index < -0.39 is 0 Å². The van der Waals surface area contributed by atoms with Crippen LogP contribution in [0.5, 0.6) is 0 Å². The fourth-order valence-corrected chi connectivity index (χ4v) is 1.04. The Bertz CT molecular complexity index is 133. The summed E-state index contributed by atoms with van der Waals surface area (Å²) in [5, 5.41) is 0. The highest BCUT2D eigenvalue weighted by Gasteiger charge is 2.14. The van der Waals surface area contributed by atoms with Crippen molar-refractivity contribution in [3.8, 4) is 0 Å². The number of rotatable bonds is 0. The van der Waals surface area contributed by atoms with Gasteiger partial charge in [-0.15, -0.1) is 0 Å². The lowest BCUT2D eigenvalue weighted by atomic mass is 10.2. The summed E-state index contributed by atoms with van der Waals surface area (Å²) in [5.74, 6) is 0.354. The molecule has 0 unspecified atom stereocenters. The largest absolute Gasteiger partial charge is 0.295 e. The lowest BCUT2D eigenvalue weighted by Crippen LogP contribution is -1.88. The summed E-state index contributed by atoms with van der Waals surface area (Å²) in [6.07, 6.45) is 4.78. The van der Waals surface area contributed by atoms with E-state index >= 15 is 0 Å². The van der Waals surface area contributed by atoms with Gasteiger partial charge in [0, 0.05) is 6.42 Å². The summed E-state index contributed by atoms with van der Waals surface area (Å²) in [6.45, 7) is 1.93. The van der Waals surface area contributed by atoms with Crippen molar-refractivity contribution in [2.75, 3.05) is 0 Å². The molecule has 1 saturated carbocycles. The van der Waals surface area contributed by atoms with E-state index in [9.17, 15) is 4.79 Å². The first-order valence-corrected chi connectivity index (χ1v) is 3.03. The van der Waals surface area contributed by atoms with Crippen LogP contribution in [0.3, 0.4) is 0 Å². The summed E-state index contributed by atoms with van der Waals surface area (Å²) in [4.78, 5) is 10.7. The lowest BCUT2D eigenvalue weighted by Gasteiger charge is -1.85. The Kier molecular flexibility index (Phi) is 1.47. The highest BCUT2D eigenvalue weighted by atomic mass is 16.1. The molecule has 1 nitrogen and oxygen atoms in total. The van der Waals surface area contributed by atoms with Crippen molar-refractivity contribution in [3.05, 3.63) is 11.6 Å². The zero-order valence-electron chi connectivity index (χ0n) is 5.11. The summed E-state index contributed by atoms with van der Waals surface area (Å²) >= 11 is 0. The second-order valence-corrected chi connectivity index (χ2v) is 2.09. The average Bonchev–Trinajstić information content (AvgIpc) is 2.14. The maximum absolute atomic E-state index is 10.7. The monoisotopic (exact) mass is 110 g/mol. The van der Waals surface area contributed by atoms with E-state index in [1.54, 1.807) is 0 Å². The Morgan fingerprint density at radius 3 is 2.50 bits per heavy atom. The molecule has 1 fully saturated rings. The quantitative estimate of drug-likeness (QED) is 0.433. The smallest absolute Gasteiger partial charge is 0.158 e. The van der Waals surface area contributed by atoms with Gasteiger partial charge in [-0.3, -0.25) is 4.79 Å². The molecule has 8 heavy (non-hydrogen) atoms. The van der Waals surface area contributed by atoms with Crippen LogP contribution in [0.15, 0.2) is 11.6 Å². The molecule has 0 aliphatic heterocycles. The van der Waals surface area contributed by atoms with E-state index in [0.717, 1.165) is 24.8 Å². The van der Waals surface area contributed by atoms with Gasteiger partial charge in [0.15, 0.2) is 5.78 Å². The molecule has 0 aromatic carbocycles. The predicted octanol–water partition coefficient (Wildman–Crippen LogP) is 1.69. The van der Waals surface area contributed by atoms with Crippen LogP contribution < -0.4 is 0 Å². The Hall–Kier alpha value is -0.590. The molecule has 0 bridgehead atoms. The molecule has 44 valence electrons. The average molecular weight is 110 g/mol.